The van der Waals surface area contributed by atoms with Gasteiger partial charge in [0.15, 0.2) is 0 Å². The number of ether oxygens (including phenoxy) is 1. The van der Waals surface area contributed by atoms with Gasteiger partial charge >= 0.3 is 0 Å². The number of hydrogen-bond donors (Lipinski definition) is 2. The largest absolute Gasteiger partial charge is 0.508 e. The maximum atomic E-state index is 9.62. The number of hydrogen-bond acceptors (Lipinski definition) is 3. The van der Waals surface area contributed by atoms with E-state index in [-0.39, 0.29) is 5.75 Å². The summed E-state index contributed by atoms with van der Waals surface area (Å²) in [6.45, 7) is 0.502. The Morgan fingerprint density at radius 1 is 1.00 bits per heavy atom. The van der Waals surface area contributed by atoms with Crippen molar-refractivity contribution in [2.24, 2.45) is 5.73 Å². The van der Waals surface area contributed by atoms with Crippen LogP contribution in [0.5, 0.6) is 17.2 Å². The summed E-state index contributed by atoms with van der Waals surface area (Å²) in [7, 11) is 0. The van der Waals surface area contributed by atoms with Crippen molar-refractivity contribution < 1.29 is 9.84 Å². The van der Waals surface area contributed by atoms with Gasteiger partial charge in [-0.1, -0.05) is 18.2 Å². The molecule has 0 aliphatic rings. The fourth-order valence-corrected chi connectivity index (χ4v) is 1.61. The van der Waals surface area contributed by atoms with Crippen LogP contribution < -0.4 is 10.5 Å². The van der Waals surface area contributed by atoms with Gasteiger partial charge in [-0.15, -0.1) is 0 Å². The van der Waals surface area contributed by atoms with Gasteiger partial charge < -0.3 is 15.6 Å². The van der Waals surface area contributed by atoms with E-state index in [1.54, 1.807) is 12.1 Å². The van der Waals surface area contributed by atoms with E-state index in [1.807, 2.05) is 36.4 Å². The van der Waals surface area contributed by atoms with Crippen molar-refractivity contribution in [3.05, 3.63) is 54.1 Å². The van der Waals surface area contributed by atoms with Gasteiger partial charge in [-0.2, -0.15) is 0 Å². The van der Waals surface area contributed by atoms with Crippen LogP contribution in [0.2, 0.25) is 0 Å². The van der Waals surface area contributed by atoms with E-state index in [0.29, 0.717) is 18.7 Å². The molecule has 0 spiro atoms. The Kier molecular flexibility index (Phi) is 3.62. The molecule has 0 aliphatic carbocycles. The monoisotopic (exact) mass is 229 g/mol. The SMILES string of the molecule is NCCc1cc(Oc2ccccc2)ccc1O. The molecule has 2 aromatic carbocycles. The quantitative estimate of drug-likeness (QED) is 0.847. The molecule has 0 amide bonds. The summed E-state index contributed by atoms with van der Waals surface area (Å²) in [6, 6.07) is 14.7. The van der Waals surface area contributed by atoms with Gasteiger partial charge in [0.2, 0.25) is 0 Å². The van der Waals surface area contributed by atoms with Crippen LogP contribution in [-0.4, -0.2) is 11.7 Å². The summed E-state index contributed by atoms with van der Waals surface area (Å²) >= 11 is 0. The first kappa shape index (κ1) is 11.5. The van der Waals surface area contributed by atoms with Crippen LogP contribution >= 0.6 is 0 Å². The number of phenols is 1. The molecule has 0 saturated carbocycles. The number of rotatable bonds is 4. The van der Waals surface area contributed by atoms with E-state index in [2.05, 4.69) is 0 Å². The molecule has 0 aliphatic heterocycles. The third-order valence-electron chi connectivity index (χ3n) is 2.44. The Bertz CT molecular complexity index is 483. The molecule has 0 bridgehead atoms. The molecule has 3 heteroatoms. The third kappa shape index (κ3) is 2.98. The van der Waals surface area contributed by atoms with E-state index in [9.17, 15) is 5.11 Å². The Balaban J connectivity index is 2.19. The van der Waals surface area contributed by atoms with E-state index >= 15 is 0 Å². The minimum absolute atomic E-state index is 0.260. The minimum Gasteiger partial charge on any atom is -0.508 e. The molecule has 0 radical (unpaired) electrons. The minimum atomic E-state index is 0.260. The predicted molar refractivity (Wildman–Crippen MR) is 67.4 cm³/mol. The number of nitrogens with two attached hydrogens (primary N) is 1. The Hall–Kier alpha value is -2.00. The van der Waals surface area contributed by atoms with E-state index < -0.39 is 0 Å². The topological polar surface area (TPSA) is 55.5 Å². The normalized spacial score (nSPS) is 10.2. The van der Waals surface area contributed by atoms with Crippen molar-refractivity contribution in [3.63, 3.8) is 0 Å². The first-order valence-electron chi connectivity index (χ1n) is 5.54. The van der Waals surface area contributed by atoms with Gasteiger partial charge in [0.05, 0.1) is 0 Å². The predicted octanol–water partition coefficient (Wildman–Crippen LogP) is 2.69. The molecule has 0 unspecified atom stereocenters. The molecule has 3 nitrogen and oxygen atoms in total. The summed E-state index contributed by atoms with van der Waals surface area (Å²) in [5.41, 5.74) is 6.29. The summed E-state index contributed by atoms with van der Waals surface area (Å²) in [4.78, 5) is 0. The lowest BCUT2D eigenvalue weighted by atomic mass is 10.1. The second-order valence-corrected chi connectivity index (χ2v) is 3.74. The Morgan fingerprint density at radius 3 is 2.47 bits per heavy atom. The molecule has 0 heterocycles. The van der Waals surface area contributed by atoms with Gasteiger partial charge in [0.1, 0.15) is 17.2 Å². The second-order valence-electron chi connectivity index (χ2n) is 3.74. The van der Waals surface area contributed by atoms with Crippen molar-refractivity contribution in [3.8, 4) is 17.2 Å². The summed E-state index contributed by atoms with van der Waals surface area (Å²) in [5.74, 6) is 1.74. The lowest BCUT2D eigenvalue weighted by Gasteiger charge is -2.08. The highest BCUT2D eigenvalue weighted by Gasteiger charge is 2.03. The zero-order valence-electron chi connectivity index (χ0n) is 9.47. The van der Waals surface area contributed by atoms with Crippen molar-refractivity contribution in [1.29, 1.82) is 0 Å². The molecule has 2 rings (SSSR count). The molecule has 3 N–H and O–H groups in total. The van der Waals surface area contributed by atoms with Gasteiger partial charge in [-0.3, -0.25) is 0 Å². The van der Waals surface area contributed by atoms with Gasteiger partial charge in [-0.25, -0.2) is 0 Å². The van der Waals surface area contributed by atoms with Crippen molar-refractivity contribution in [2.45, 2.75) is 6.42 Å². The first-order chi connectivity index (χ1) is 8.29. The zero-order chi connectivity index (χ0) is 12.1. The van der Waals surface area contributed by atoms with Crippen LogP contribution in [0.3, 0.4) is 0 Å². The molecule has 2 aromatic rings. The van der Waals surface area contributed by atoms with Crippen LogP contribution in [0, 0.1) is 0 Å². The van der Waals surface area contributed by atoms with Crippen LogP contribution in [0.4, 0.5) is 0 Å². The van der Waals surface area contributed by atoms with Crippen LogP contribution in [0.1, 0.15) is 5.56 Å². The van der Waals surface area contributed by atoms with Crippen LogP contribution in [0.15, 0.2) is 48.5 Å². The van der Waals surface area contributed by atoms with Gasteiger partial charge in [-0.05, 0) is 48.9 Å². The maximum absolute atomic E-state index is 9.62. The Labute approximate surface area is 100 Å². The number of para-hydroxylation sites is 1. The molecular formula is C14H15NO2. The average molecular weight is 229 g/mol. The van der Waals surface area contributed by atoms with Gasteiger partial charge in [0, 0.05) is 0 Å². The van der Waals surface area contributed by atoms with Crippen molar-refractivity contribution >= 4 is 0 Å². The molecule has 0 aromatic heterocycles. The van der Waals surface area contributed by atoms with Crippen molar-refractivity contribution in [1.82, 2.24) is 0 Å². The van der Waals surface area contributed by atoms with Crippen LogP contribution in [-0.2, 0) is 6.42 Å². The molecule has 88 valence electrons. The summed E-state index contributed by atoms with van der Waals surface area (Å²) < 4.78 is 5.67. The molecule has 17 heavy (non-hydrogen) atoms. The lowest BCUT2D eigenvalue weighted by molar-refractivity contribution is 0.458. The Morgan fingerprint density at radius 2 is 1.76 bits per heavy atom. The number of phenolic OH excluding ortho intramolecular Hbond substituents is 1. The fraction of sp³-hybridized carbons (Fsp3) is 0.143. The maximum Gasteiger partial charge on any atom is 0.127 e. The lowest BCUT2D eigenvalue weighted by Crippen LogP contribution is -2.02. The fourth-order valence-electron chi connectivity index (χ4n) is 1.61. The highest BCUT2D eigenvalue weighted by Crippen LogP contribution is 2.27. The number of benzene rings is 2. The van der Waals surface area contributed by atoms with E-state index in [4.69, 9.17) is 10.5 Å². The molecule has 0 atom stereocenters. The zero-order valence-corrected chi connectivity index (χ0v) is 9.47. The highest BCUT2D eigenvalue weighted by atomic mass is 16.5. The van der Waals surface area contributed by atoms with E-state index in [0.717, 1.165) is 11.3 Å². The molecule has 0 saturated heterocycles. The molecule has 0 fully saturated rings. The second kappa shape index (κ2) is 5.37. The summed E-state index contributed by atoms with van der Waals surface area (Å²) in [6.07, 6.45) is 0.637. The van der Waals surface area contributed by atoms with Crippen LogP contribution in [0.25, 0.3) is 0 Å². The number of aromatic hydroxyl groups is 1. The van der Waals surface area contributed by atoms with Gasteiger partial charge in [0.25, 0.3) is 0 Å². The standard InChI is InChI=1S/C14H15NO2/c15-9-8-11-10-13(6-7-14(11)16)17-12-4-2-1-3-5-12/h1-7,10,16H,8-9,15H2. The average Bonchev–Trinajstić information content (AvgIpc) is 2.35. The summed E-state index contributed by atoms with van der Waals surface area (Å²) in [5, 5.41) is 9.62. The highest BCUT2D eigenvalue weighted by molar-refractivity contribution is 5.41. The van der Waals surface area contributed by atoms with E-state index in [1.165, 1.54) is 0 Å². The van der Waals surface area contributed by atoms with Crippen molar-refractivity contribution in [2.75, 3.05) is 6.54 Å². The third-order valence-corrected chi connectivity index (χ3v) is 2.44. The molecular weight excluding hydrogens is 214 g/mol. The first-order valence-corrected chi connectivity index (χ1v) is 5.54. The smallest absolute Gasteiger partial charge is 0.127 e.